The third-order valence-corrected chi connectivity index (χ3v) is 5.04. The third kappa shape index (κ3) is 5.82. The van der Waals surface area contributed by atoms with Crippen LogP contribution in [0.2, 0.25) is 0 Å². The maximum atomic E-state index is 12.8. The van der Waals surface area contributed by atoms with Crippen molar-refractivity contribution in [1.82, 2.24) is 19.7 Å². The molecule has 0 aliphatic rings. The Balaban J connectivity index is 2.00. The quantitative estimate of drug-likeness (QED) is 0.666. The van der Waals surface area contributed by atoms with Gasteiger partial charge in [0.15, 0.2) is 5.16 Å². The Kier molecular flexibility index (Phi) is 7.84. The summed E-state index contributed by atoms with van der Waals surface area (Å²) in [5.74, 6) is -0.0665. The summed E-state index contributed by atoms with van der Waals surface area (Å²) in [7, 11) is 0. The van der Waals surface area contributed by atoms with Crippen molar-refractivity contribution >= 4 is 29.3 Å². The van der Waals surface area contributed by atoms with E-state index in [9.17, 15) is 9.59 Å². The molecule has 0 fully saturated rings. The molecule has 146 valence electrons. The molecule has 0 saturated heterocycles. The Morgan fingerprint density at radius 2 is 1.93 bits per heavy atom. The molecule has 7 nitrogen and oxygen atoms in total. The number of thioether (sulfide) groups is 1. The van der Waals surface area contributed by atoms with Gasteiger partial charge in [0.05, 0.1) is 5.75 Å². The van der Waals surface area contributed by atoms with Crippen LogP contribution < -0.4 is 5.32 Å². The number of carbonyl (C=O) groups excluding carboxylic acids is 2. The van der Waals surface area contributed by atoms with Gasteiger partial charge in [-0.1, -0.05) is 36.9 Å². The first-order chi connectivity index (χ1) is 12.9. The Labute approximate surface area is 164 Å². The van der Waals surface area contributed by atoms with Crippen molar-refractivity contribution < 1.29 is 9.59 Å². The minimum atomic E-state index is -0.554. The summed E-state index contributed by atoms with van der Waals surface area (Å²) >= 11 is 1.34. The molecular formula is C19H27N5O2S. The molecule has 0 aliphatic carbocycles. The van der Waals surface area contributed by atoms with Crippen molar-refractivity contribution in [2.75, 3.05) is 17.6 Å². The number of hydrogen-bond acceptors (Lipinski definition) is 5. The predicted molar refractivity (Wildman–Crippen MR) is 108 cm³/mol. The van der Waals surface area contributed by atoms with Gasteiger partial charge >= 0.3 is 0 Å². The zero-order chi connectivity index (χ0) is 19.8. The highest BCUT2D eigenvalue weighted by molar-refractivity contribution is 7.99. The van der Waals surface area contributed by atoms with Gasteiger partial charge in [0, 0.05) is 18.3 Å². The maximum Gasteiger partial charge on any atom is 0.246 e. The van der Waals surface area contributed by atoms with Gasteiger partial charge in [0.1, 0.15) is 12.4 Å². The number of benzene rings is 1. The van der Waals surface area contributed by atoms with E-state index in [1.54, 1.807) is 18.2 Å². The monoisotopic (exact) mass is 389 g/mol. The molecule has 1 aromatic heterocycles. The van der Waals surface area contributed by atoms with E-state index < -0.39 is 6.04 Å². The normalized spacial score (nSPS) is 12.0. The molecule has 27 heavy (non-hydrogen) atoms. The summed E-state index contributed by atoms with van der Waals surface area (Å²) < 4.78 is 1.92. The lowest BCUT2D eigenvalue weighted by atomic mass is 10.2. The van der Waals surface area contributed by atoms with Crippen molar-refractivity contribution in [3.8, 4) is 0 Å². The van der Waals surface area contributed by atoms with Gasteiger partial charge in [0.2, 0.25) is 11.8 Å². The van der Waals surface area contributed by atoms with Gasteiger partial charge in [-0.15, -0.1) is 10.2 Å². The van der Waals surface area contributed by atoms with E-state index in [-0.39, 0.29) is 23.6 Å². The van der Waals surface area contributed by atoms with Crippen LogP contribution in [0.25, 0.3) is 0 Å². The van der Waals surface area contributed by atoms with Gasteiger partial charge in [0.25, 0.3) is 0 Å². The van der Waals surface area contributed by atoms with Crippen LogP contribution in [0.3, 0.4) is 0 Å². The van der Waals surface area contributed by atoms with E-state index in [4.69, 9.17) is 0 Å². The van der Waals surface area contributed by atoms with Gasteiger partial charge in [-0.05, 0) is 39.3 Å². The summed E-state index contributed by atoms with van der Waals surface area (Å²) in [6.07, 6.45) is 2.44. The van der Waals surface area contributed by atoms with Gasteiger partial charge in [-0.3, -0.25) is 9.59 Å². The van der Waals surface area contributed by atoms with Crippen molar-refractivity contribution in [1.29, 1.82) is 0 Å². The van der Waals surface area contributed by atoms with Crippen LogP contribution in [0.5, 0.6) is 0 Å². The van der Waals surface area contributed by atoms with E-state index in [1.807, 2.05) is 55.7 Å². The molecule has 1 atom stereocenters. The van der Waals surface area contributed by atoms with Crippen LogP contribution in [0, 0.1) is 0 Å². The van der Waals surface area contributed by atoms with Crippen LogP contribution in [0.15, 0.2) is 41.8 Å². The number of carbonyl (C=O) groups is 2. The number of anilines is 1. The highest BCUT2D eigenvalue weighted by atomic mass is 32.2. The first-order valence-electron chi connectivity index (χ1n) is 9.11. The molecule has 8 heteroatoms. The Morgan fingerprint density at radius 3 is 2.56 bits per heavy atom. The van der Waals surface area contributed by atoms with E-state index in [1.165, 1.54) is 11.8 Å². The molecule has 0 bridgehead atoms. The summed E-state index contributed by atoms with van der Waals surface area (Å²) in [5.41, 5.74) is 0.720. The summed E-state index contributed by atoms with van der Waals surface area (Å²) in [6, 6.07) is 8.92. The SMILES string of the molecule is CCCN(C(=O)CSc1nncn1C(C)C)C(C)C(=O)Nc1ccccc1. The summed E-state index contributed by atoms with van der Waals surface area (Å²) in [5, 5.41) is 11.6. The lowest BCUT2D eigenvalue weighted by Crippen LogP contribution is -2.46. The van der Waals surface area contributed by atoms with Crippen LogP contribution in [0.1, 0.15) is 40.2 Å². The first kappa shape index (κ1) is 21.0. The number of nitrogens with zero attached hydrogens (tertiary/aromatic N) is 4. The van der Waals surface area contributed by atoms with Crippen LogP contribution >= 0.6 is 11.8 Å². The first-order valence-corrected chi connectivity index (χ1v) is 10.1. The lowest BCUT2D eigenvalue weighted by Gasteiger charge is -2.28. The number of hydrogen-bond donors (Lipinski definition) is 1. The predicted octanol–water partition coefficient (Wildman–Crippen LogP) is 3.22. The molecule has 2 rings (SSSR count). The largest absolute Gasteiger partial charge is 0.330 e. The van der Waals surface area contributed by atoms with E-state index >= 15 is 0 Å². The molecule has 2 aromatic rings. The molecule has 1 aromatic carbocycles. The Bertz CT molecular complexity index is 748. The molecule has 1 N–H and O–H groups in total. The number of rotatable bonds is 9. The second-order valence-electron chi connectivity index (χ2n) is 6.52. The topological polar surface area (TPSA) is 80.1 Å². The number of nitrogens with one attached hydrogen (secondary N) is 1. The fraction of sp³-hybridized carbons (Fsp3) is 0.474. The minimum absolute atomic E-state index is 0.0872. The van der Waals surface area contributed by atoms with Crippen molar-refractivity contribution in [2.45, 2.75) is 51.4 Å². The molecule has 0 spiro atoms. The number of amides is 2. The fourth-order valence-corrected chi connectivity index (χ4v) is 3.51. The number of aromatic nitrogens is 3. The molecule has 0 aliphatic heterocycles. The van der Waals surface area contributed by atoms with Crippen LogP contribution in [0.4, 0.5) is 5.69 Å². The zero-order valence-corrected chi connectivity index (χ0v) is 17.1. The minimum Gasteiger partial charge on any atom is -0.330 e. The second-order valence-corrected chi connectivity index (χ2v) is 7.46. The average Bonchev–Trinajstić information content (AvgIpc) is 3.13. The van der Waals surface area contributed by atoms with Gasteiger partial charge in [-0.25, -0.2) is 0 Å². The van der Waals surface area contributed by atoms with E-state index in [0.29, 0.717) is 11.7 Å². The van der Waals surface area contributed by atoms with E-state index in [0.717, 1.165) is 12.1 Å². The highest BCUT2D eigenvalue weighted by Crippen LogP contribution is 2.20. The standard InChI is InChI=1S/C19H27N5O2S/c1-5-11-23(15(4)18(26)21-16-9-7-6-8-10-16)17(25)12-27-19-22-20-13-24(19)14(2)3/h6-10,13-15H,5,11-12H2,1-4H3,(H,21,26). The smallest absolute Gasteiger partial charge is 0.246 e. The number of para-hydroxylation sites is 1. The van der Waals surface area contributed by atoms with Crippen molar-refractivity contribution in [3.05, 3.63) is 36.7 Å². The molecule has 0 radical (unpaired) electrons. The van der Waals surface area contributed by atoms with E-state index in [2.05, 4.69) is 15.5 Å². The van der Waals surface area contributed by atoms with Crippen molar-refractivity contribution in [2.24, 2.45) is 0 Å². The summed E-state index contributed by atoms with van der Waals surface area (Å²) in [4.78, 5) is 27.0. The zero-order valence-electron chi connectivity index (χ0n) is 16.3. The summed E-state index contributed by atoms with van der Waals surface area (Å²) in [6.45, 7) is 8.35. The molecular weight excluding hydrogens is 362 g/mol. The lowest BCUT2D eigenvalue weighted by molar-refractivity contribution is -0.135. The molecule has 2 amide bonds. The van der Waals surface area contributed by atoms with Gasteiger partial charge < -0.3 is 14.8 Å². The third-order valence-electron chi connectivity index (χ3n) is 4.09. The molecule has 1 unspecified atom stereocenters. The maximum absolute atomic E-state index is 12.8. The molecule has 0 saturated carbocycles. The van der Waals surface area contributed by atoms with Crippen LogP contribution in [-0.2, 0) is 9.59 Å². The fourth-order valence-electron chi connectivity index (χ4n) is 2.58. The van der Waals surface area contributed by atoms with Gasteiger partial charge in [-0.2, -0.15) is 0 Å². The average molecular weight is 390 g/mol. The Morgan fingerprint density at radius 1 is 1.22 bits per heavy atom. The second kappa shape index (κ2) is 10.1. The van der Waals surface area contributed by atoms with Crippen molar-refractivity contribution in [3.63, 3.8) is 0 Å². The molecule has 1 heterocycles. The van der Waals surface area contributed by atoms with Crippen LogP contribution in [-0.4, -0.2) is 49.8 Å². The Hall–Kier alpha value is -2.35. The highest BCUT2D eigenvalue weighted by Gasteiger charge is 2.25.